The fourth-order valence-corrected chi connectivity index (χ4v) is 3.16. The smallest absolute Gasteiger partial charge is 0.290 e. The summed E-state index contributed by atoms with van der Waals surface area (Å²) in [6.45, 7) is 1.26. The molecule has 122 valence electrons. The van der Waals surface area contributed by atoms with Crippen molar-refractivity contribution in [2.75, 3.05) is 25.0 Å². The second kappa shape index (κ2) is 6.85. The molecule has 1 heterocycles. The van der Waals surface area contributed by atoms with Crippen molar-refractivity contribution in [1.29, 1.82) is 0 Å². The summed E-state index contributed by atoms with van der Waals surface area (Å²) in [5.41, 5.74) is 2.87. The Balaban J connectivity index is 1.83. The lowest BCUT2D eigenvalue weighted by Gasteiger charge is -2.21. The molecule has 0 aliphatic carbocycles. The first-order chi connectivity index (χ1) is 11.1. The number of fused-ring (bicyclic) bond motifs is 1. The summed E-state index contributed by atoms with van der Waals surface area (Å²) in [5, 5.41) is 6.71. The molecular weight excluding hydrogens is 318 g/mol. The van der Waals surface area contributed by atoms with Crippen LogP contribution in [0.5, 0.6) is 0 Å². The second-order valence-electron chi connectivity index (χ2n) is 5.73. The zero-order valence-corrected chi connectivity index (χ0v) is 13.5. The Kier molecular flexibility index (Phi) is 4.83. The third-order valence-corrected chi connectivity index (χ3v) is 4.48. The molecule has 2 aromatic carbocycles. The number of hydrogen-bond donors (Lipinski definition) is 2. The molecule has 0 aromatic heterocycles. The van der Waals surface area contributed by atoms with Crippen LogP contribution in [0.4, 0.5) is 14.5 Å². The van der Waals surface area contributed by atoms with Crippen LogP contribution in [-0.2, 0) is 18.8 Å². The molecular formula is C18H19ClF2N2. The normalized spacial score (nSPS) is 14.9. The number of halogens is 3. The van der Waals surface area contributed by atoms with Crippen molar-refractivity contribution < 1.29 is 8.78 Å². The van der Waals surface area contributed by atoms with Gasteiger partial charge in [0.2, 0.25) is 0 Å². The van der Waals surface area contributed by atoms with Crippen LogP contribution in [0, 0.1) is 0 Å². The maximum absolute atomic E-state index is 14.4. The van der Waals surface area contributed by atoms with Crippen LogP contribution in [0.15, 0.2) is 42.5 Å². The summed E-state index contributed by atoms with van der Waals surface area (Å²) in [5.74, 6) is -2.95. The van der Waals surface area contributed by atoms with E-state index in [1.807, 2.05) is 6.07 Å². The minimum absolute atomic E-state index is 0.00677. The van der Waals surface area contributed by atoms with Crippen molar-refractivity contribution >= 4 is 17.3 Å². The predicted octanol–water partition coefficient (Wildman–Crippen LogP) is 4.23. The van der Waals surface area contributed by atoms with E-state index in [2.05, 4.69) is 10.6 Å². The molecule has 0 amide bonds. The van der Waals surface area contributed by atoms with Gasteiger partial charge in [-0.25, -0.2) is 0 Å². The highest BCUT2D eigenvalue weighted by Gasteiger charge is 2.31. The molecule has 5 heteroatoms. The van der Waals surface area contributed by atoms with Crippen LogP contribution in [0.25, 0.3) is 0 Å². The molecule has 1 aliphatic rings. The highest BCUT2D eigenvalue weighted by Crippen LogP contribution is 2.33. The summed E-state index contributed by atoms with van der Waals surface area (Å²) in [6.07, 6.45) is 1.67. The summed E-state index contributed by atoms with van der Waals surface area (Å²) in [6, 6.07) is 11.6. The van der Waals surface area contributed by atoms with E-state index < -0.39 is 12.5 Å². The molecule has 2 nitrogen and oxygen atoms in total. The summed E-state index contributed by atoms with van der Waals surface area (Å²) < 4.78 is 28.7. The Morgan fingerprint density at radius 2 is 1.78 bits per heavy atom. The average Bonchev–Trinajstić information content (AvgIpc) is 2.80. The molecule has 0 saturated heterocycles. The summed E-state index contributed by atoms with van der Waals surface area (Å²) >= 11 is 6.26. The van der Waals surface area contributed by atoms with Crippen molar-refractivity contribution in [2.45, 2.75) is 18.8 Å². The van der Waals surface area contributed by atoms with Gasteiger partial charge in [-0.3, -0.25) is 0 Å². The van der Waals surface area contributed by atoms with Gasteiger partial charge in [0.05, 0.1) is 17.3 Å². The van der Waals surface area contributed by atoms with Crippen LogP contribution in [0.2, 0.25) is 5.02 Å². The lowest BCUT2D eigenvalue weighted by Crippen LogP contribution is -2.25. The molecule has 23 heavy (non-hydrogen) atoms. The first kappa shape index (κ1) is 16.2. The third kappa shape index (κ3) is 3.65. The lowest BCUT2D eigenvalue weighted by molar-refractivity contribution is 0.0106. The maximum atomic E-state index is 14.4. The Morgan fingerprint density at radius 1 is 1.04 bits per heavy atom. The minimum atomic E-state index is -2.95. The van der Waals surface area contributed by atoms with Gasteiger partial charge in [0.15, 0.2) is 0 Å². The quantitative estimate of drug-likeness (QED) is 0.873. The molecule has 2 aromatic rings. The van der Waals surface area contributed by atoms with Gasteiger partial charge in [-0.05, 0) is 43.1 Å². The summed E-state index contributed by atoms with van der Waals surface area (Å²) in [4.78, 5) is 0. The molecule has 0 radical (unpaired) electrons. The van der Waals surface area contributed by atoms with Gasteiger partial charge >= 0.3 is 0 Å². The molecule has 0 fully saturated rings. The van der Waals surface area contributed by atoms with Gasteiger partial charge in [0.1, 0.15) is 0 Å². The molecule has 1 aliphatic heterocycles. The highest BCUT2D eigenvalue weighted by atomic mass is 35.5. The van der Waals surface area contributed by atoms with Crippen molar-refractivity contribution in [2.24, 2.45) is 0 Å². The molecule has 0 bridgehead atoms. The van der Waals surface area contributed by atoms with Crippen molar-refractivity contribution in [3.63, 3.8) is 0 Å². The monoisotopic (exact) mass is 336 g/mol. The average molecular weight is 337 g/mol. The van der Waals surface area contributed by atoms with Crippen molar-refractivity contribution in [1.82, 2.24) is 5.32 Å². The Morgan fingerprint density at radius 3 is 2.57 bits per heavy atom. The Bertz CT molecular complexity index is 674. The van der Waals surface area contributed by atoms with E-state index in [-0.39, 0.29) is 5.56 Å². The van der Waals surface area contributed by atoms with E-state index in [1.165, 1.54) is 17.7 Å². The molecule has 0 unspecified atom stereocenters. The van der Waals surface area contributed by atoms with Crippen molar-refractivity contribution in [3.8, 4) is 0 Å². The summed E-state index contributed by atoms with van der Waals surface area (Å²) in [7, 11) is 0. The van der Waals surface area contributed by atoms with Crippen LogP contribution < -0.4 is 10.6 Å². The van der Waals surface area contributed by atoms with Gasteiger partial charge in [0, 0.05) is 5.56 Å². The largest absolute Gasteiger partial charge is 0.377 e. The Labute approximate surface area is 139 Å². The number of anilines is 1. The van der Waals surface area contributed by atoms with Gasteiger partial charge in [0.25, 0.3) is 5.92 Å². The SMILES string of the molecule is FC(F)(CNc1c(Cl)ccc2c1CCNCC2)c1ccccc1. The number of alkyl halides is 2. The fraction of sp³-hybridized carbons (Fsp3) is 0.333. The standard InChI is InChI=1S/C18H19ClF2N2/c19-16-7-6-13-8-10-22-11-9-15(13)17(16)23-12-18(20,21)14-4-2-1-3-5-14/h1-7,22-23H,8-12H2. The van der Waals surface area contributed by atoms with Crippen LogP contribution >= 0.6 is 11.6 Å². The molecule has 0 saturated carbocycles. The molecule has 0 spiro atoms. The maximum Gasteiger partial charge on any atom is 0.290 e. The molecule has 2 N–H and O–H groups in total. The first-order valence-electron chi connectivity index (χ1n) is 7.76. The van der Waals surface area contributed by atoms with Crippen molar-refractivity contribution in [3.05, 3.63) is 64.2 Å². The van der Waals surface area contributed by atoms with Crippen LogP contribution in [0.1, 0.15) is 16.7 Å². The number of nitrogens with one attached hydrogen (secondary N) is 2. The minimum Gasteiger partial charge on any atom is -0.377 e. The first-order valence-corrected chi connectivity index (χ1v) is 8.14. The zero-order chi connectivity index (χ0) is 16.3. The fourth-order valence-electron chi connectivity index (χ4n) is 2.92. The van der Waals surface area contributed by atoms with Gasteiger partial charge in [-0.15, -0.1) is 0 Å². The van der Waals surface area contributed by atoms with Crippen LogP contribution in [-0.4, -0.2) is 19.6 Å². The third-order valence-electron chi connectivity index (χ3n) is 4.17. The molecule has 3 rings (SSSR count). The van der Waals surface area contributed by atoms with Crippen LogP contribution in [0.3, 0.4) is 0 Å². The Hall–Kier alpha value is -1.65. The predicted molar refractivity (Wildman–Crippen MR) is 90.6 cm³/mol. The number of rotatable bonds is 4. The van der Waals surface area contributed by atoms with E-state index in [4.69, 9.17) is 11.6 Å². The van der Waals surface area contributed by atoms with E-state index >= 15 is 0 Å². The lowest BCUT2D eigenvalue weighted by atomic mass is 10.0. The highest BCUT2D eigenvalue weighted by molar-refractivity contribution is 6.33. The molecule has 0 atom stereocenters. The number of hydrogen-bond acceptors (Lipinski definition) is 2. The van der Waals surface area contributed by atoms with Gasteiger partial charge in [-0.2, -0.15) is 8.78 Å². The van der Waals surface area contributed by atoms with E-state index in [0.29, 0.717) is 10.7 Å². The van der Waals surface area contributed by atoms with E-state index in [9.17, 15) is 8.78 Å². The van der Waals surface area contributed by atoms with E-state index in [0.717, 1.165) is 31.5 Å². The second-order valence-corrected chi connectivity index (χ2v) is 6.14. The number of benzene rings is 2. The zero-order valence-electron chi connectivity index (χ0n) is 12.7. The van der Waals surface area contributed by atoms with E-state index in [1.54, 1.807) is 24.3 Å². The topological polar surface area (TPSA) is 24.1 Å². The van der Waals surface area contributed by atoms with Gasteiger partial charge in [-0.1, -0.05) is 48.0 Å². The van der Waals surface area contributed by atoms with Gasteiger partial charge < -0.3 is 10.6 Å².